The summed E-state index contributed by atoms with van der Waals surface area (Å²) in [6.45, 7) is 2.77. The average Bonchev–Trinajstić information content (AvgIpc) is 2.87. The van der Waals surface area contributed by atoms with Crippen LogP contribution in [-0.4, -0.2) is 26.7 Å². The first kappa shape index (κ1) is 13.1. The van der Waals surface area contributed by atoms with Gasteiger partial charge in [0.2, 0.25) is 5.95 Å². The lowest BCUT2D eigenvalue weighted by atomic mass is 10.3. The maximum atomic E-state index is 4.49. The molecule has 0 radical (unpaired) electrons. The first-order chi connectivity index (χ1) is 9.76. The lowest BCUT2D eigenvalue weighted by Gasteiger charge is -2.09. The monoisotopic (exact) mass is 380 g/mol. The summed E-state index contributed by atoms with van der Waals surface area (Å²) in [7, 11) is 0. The van der Waals surface area contributed by atoms with Crippen LogP contribution in [0.15, 0.2) is 30.5 Å². The fourth-order valence-corrected chi connectivity index (χ4v) is 2.41. The zero-order chi connectivity index (χ0) is 13.9. The van der Waals surface area contributed by atoms with E-state index in [1.54, 1.807) is 6.20 Å². The molecule has 0 aliphatic heterocycles. The van der Waals surface area contributed by atoms with Gasteiger partial charge in [0.05, 0.1) is 11.6 Å². The third kappa shape index (κ3) is 2.67. The van der Waals surface area contributed by atoms with Gasteiger partial charge in [-0.3, -0.25) is 5.10 Å². The maximum Gasteiger partial charge on any atom is 0.226 e. The second kappa shape index (κ2) is 5.61. The summed E-state index contributed by atoms with van der Waals surface area (Å²) in [6, 6.07) is 8.11. The summed E-state index contributed by atoms with van der Waals surface area (Å²) in [6.07, 6.45) is 1.72. The van der Waals surface area contributed by atoms with Gasteiger partial charge >= 0.3 is 0 Å². The number of halogens is 1. The lowest BCUT2D eigenvalue weighted by Crippen LogP contribution is -2.04. The van der Waals surface area contributed by atoms with E-state index >= 15 is 0 Å². The molecule has 3 rings (SSSR count). The van der Waals surface area contributed by atoms with Crippen molar-refractivity contribution in [1.29, 1.82) is 0 Å². The average molecular weight is 380 g/mol. The fraction of sp³-hybridized carbons (Fsp3) is 0.154. The van der Waals surface area contributed by atoms with Crippen molar-refractivity contribution in [2.24, 2.45) is 0 Å². The first-order valence-corrected chi connectivity index (χ1v) is 7.31. The van der Waals surface area contributed by atoms with Gasteiger partial charge in [0.1, 0.15) is 5.82 Å². The zero-order valence-corrected chi connectivity index (χ0v) is 13.0. The van der Waals surface area contributed by atoms with Crippen LogP contribution in [0.2, 0.25) is 0 Å². The Bertz CT molecular complexity index is 739. The molecule has 3 aromatic rings. The molecule has 0 fully saturated rings. The molecule has 102 valence electrons. The molecule has 7 heteroatoms. The minimum atomic E-state index is 0.581. The highest BCUT2D eigenvalue weighted by molar-refractivity contribution is 14.1. The Balaban J connectivity index is 2.02. The minimum absolute atomic E-state index is 0.581. The molecule has 20 heavy (non-hydrogen) atoms. The summed E-state index contributed by atoms with van der Waals surface area (Å²) in [5.41, 5.74) is 1.70. The maximum absolute atomic E-state index is 4.49. The van der Waals surface area contributed by atoms with Crippen molar-refractivity contribution in [2.45, 2.75) is 6.92 Å². The van der Waals surface area contributed by atoms with E-state index in [1.165, 1.54) is 0 Å². The molecule has 0 atom stereocenters. The van der Waals surface area contributed by atoms with Crippen LogP contribution in [0.25, 0.3) is 11.0 Å². The van der Waals surface area contributed by atoms with Crippen molar-refractivity contribution in [1.82, 2.24) is 20.2 Å². The highest BCUT2D eigenvalue weighted by Crippen LogP contribution is 2.24. The number of hydrogen-bond donors (Lipinski definition) is 3. The van der Waals surface area contributed by atoms with Crippen molar-refractivity contribution in [3.8, 4) is 0 Å². The molecule has 2 heterocycles. The highest BCUT2D eigenvalue weighted by atomic mass is 127. The largest absolute Gasteiger partial charge is 0.354 e. The van der Waals surface area contributed by atoms with E-state index in [-0.39, 0.29) is 0 Å². The van der Waals surface area contributed by atoms with E-state index in [4.69, 9.17) is 0 Å². The number of fused-ring (bicyclic) bond motifs is 1. The number of nitrogens with one attached hydrogen (secondary N) is 3. The van der Waals surface area contributed by atoms with E-state index in [0.29, 0.717) is 11.6 Å². The molecule has 0 spiro atoms. The molecule has 2 aromatic heterocycles. The summed E-state index contributed by atoms with van der Waals surface area (Å²) in [4.78, 5) is 8.86. The van der Waals surface area contributed by atoms with Crippen molar-refractivity contribution in [3.63, 3.8) is 0 Å². The van der Waals surface area contributed by atoms with E-state index in [1.807, 2.05) is 25.1 Å². The Morgan fingerprint density at radius 1 is 1.30 bits per heavy atom. The van der Waals surface area contributed by atoms with Crippen molar-refractivity contribution >= 4 is 51.1 Å². The van der Waals surface area contributed by atoms with Crippen LogP contribution in [0.4, 0.5) is 17.5 Å². The smallest absolute Gasteiger partial charge is 0.226 e. The number of anilines is 3. The number of nitrogens with zero attached hydrogens (tertiary/aromatic N) is 3. The second-order valence-corrected chi connectivity index (χ2v) is 5.44. The van der Waals surface area contributed by atoms with Crippen molar-refractivity contribution in [3.05, 3.63) is 34.0 Å². The number of benzene rings is 1. The van der Waals surface area contributed by atoms with Crippen LogP contribution in [-0.2, 0) is 0 Å². The molecule has 0 saturated carbocycles. The van der Waals surface area contributed by atoms with Gasteiger partial charge in [-0.05, 0) is 47.7 Å². The third-order valence-corrected chi connectivity index (χ3v) is 3.40. The number of hydrogen-bond acceptors (Lipinski definition) is 5. The van der Waals surface area contributed by atoms with Gasteiger partial charge < -0.3 is 10.6 Å². The van der Waals surface area contributed by atoms with Crippen LogP contribution >= 0.6 is 22.6 Å². The van der Waals surface area contributed by atoms with E-state index in [0.717, 1.165) is 27.0 Å². The summed E-state index contributed by atoms with van der Waals surface area (Å²) < 4.78 is 1.16. The standard InChI is InChI=1S/C13H13IN6/c1-2-15-13-18-11(10-7-16-20-12(10)19-13)17-9-5-3-4-8(14)6-9/h3-7H,2H2,1H3,(H3,15,16,17,18,19,20). The quantitative estimate of drug-likeness (QED) is 0.607. The van der Waals surface area contributed by atoms with Gasteiger partial charge in [-0.1, -0.05) is 6.07 Å². The minimum Gasteiger partial charge on any atom is -0.354 e. The lowest BCUT2D eigenvalue weighted by molar-refractivity contribution is 1.07. The Kier molecular flexibility index (Phi) is 3.68. The van der Waals surface area contributed by atoms with Crippen LogP contribution in [0, 0.1) is 3.57 Å². The second-order valence-electron chi connectivity index (χ2n) is 4.19. The summed E-state index contributed by atoms with van der Waals surface area (Å²) in [5, 5.41) is 14.2. The Morgan fingerprint density at radius 2 is 2.20 bits per heavy atom. The molecular formula is C13H13IN6. The Morgan fingerprint density at radius 3 is 3.00 bits per heavy atom. The van der Waals surface area contributed by atoms with Crippen LogP contribution in [0.5, 0.6) is 0 Å². The molecule has 0 bridgehead atoms. The predicted molar refractivity (Wildman–Crippen MR) is 88.3 cm³/mol. The summed E-state index contributed by atoms with van der Waals surface area (Å²) in [5.74, 6) is 1.32. The molecule has 0 amide bonds. The van der Waals surface area contributed by atoms with Crippen molar-refractivity contribution < 1.29 is 0 Å². The SMILES string of the molecule is CCNc1nc(Nc2cccc(I)c2)c2cn[nH]c2n1. The van der Waals surface area contributed by atoms with Gasteiger partial charge in [-0.25, -0.2) is 0 Å². The predicted octanol–water partition coefficient (Wildman–Crippen LogP) is 3.13. The molecule has 0 aliphatic rings. The topological polar surface area (TPSA) is 78.5 Å². The molecule has 6 nitrogen and oxygen atoms in total. The fourth-order valence-electron chi connectivity index (χ4n) is 1.87. The van der Waals surface area contributed by atoms with E-state index in [9.17, 15) is 0 Å². The Labute approximate surface area is 129 Å². The number of rotatable bonds is 4. The van der Waals surface area contributed by atoms with Crippen LogP contribution < -0.4 is 10.6 Å². The molecular weight excluding hydrogens is 367 g/mol. The number of aromatic nitrogens is 4. The number of aromatic amines is 1. The van der Waals surface area contributed by atoms with Gasteiger partial charge in [0, 0.05) is 15.8 Å². The van der Waals surface area contributed by atoms with Crippen molar-refractivity contribution in [2.75, 3.05) is 17.2 Å². The van der Waals surface area contributed by atoms with E-state index in [2.05, 4.69) is 59.5 Å². The van der Waals surface area contributed by atoms with E-state index < -0.39 is 0 Å². The van der Waals surface area contributed by atoms with Gasteiger partial charge in [0.25, 0.3) is 0 Å². The van der Waals surface area contributed by atoms with Gasteiger partial charge in [-0.15, -0.1) is 0 Å². The van der Waals surface area contributed by atoms with Gasteiger partial charge in [-0.2, -0.15) is 15.1 Å². The molecule has 0 unspecified atom stereocenters. The highest BCUT2D eigenvalue weighted by Gasteiger charge is 2.09. The first-order valence-electron chi connectivity index (χ1n) is 6.24. The summed E-state index contributed by atoms with van der Waals surface area (Å²) >= 11 is 2.28. The van der Waals surface area contributed by atoms with Gasteiger partial charge in [0.15, 0.2) is 5.65 Å². The zero-order valence-electron chi connectivity index (χ0n) is 10.8. The molecule has 0 aliphatic carbocycles. The van der Waals surface area contributed by atoms with Crippen LogP contribution in [0.3, 0.4) is 0 Å². The molecule has 1 aromatic carbocycles. The third-order valence-electron chi connectivity index (χ3n) is 2.73. The number of H-pyrrole nitrogens is 1. The Hall–Kier alpha value is -1.90. The normalized spacial score (nSPS) is 10.7. The molecule has 3 N–H and O–H groups in total. The van der Waals surface area contributed by atoms with Crippen LogP contribution in [0.1, 0.15) is 6.92 Å². The molecule has 0 saturated heterocycles.